The van der Waals surface area contributed by atoms with Crippen LogP contribution in [0.25, 0.3) is 0 Å². The number of hydrogen-bond donors (Lipinski definition) is 3. The van der Waals surface area contributed by atoms with Crippen LogP contribution >= 0.6 is 0 Å². The van der Waals surface area contributed by atoms with E-state index in [9.17, 15) is 27.2 Å². The summed E-state index contributed by atoms with van der Waals surface area (Å²) in [5, 5.41) is 13.7. The molecule has 1 aromatic heterocycles. The van der Waals surface area contributed by atoms with Gasteiger partial charge in [-0.15, -0.1) is 0 Å². The van der Waals surface area contributed by atoms with Crippen molar-refractivity contribution in [3.8, 4) is 5.75 Å². The molecule has 30 heavy (non-hydrogen) atoms. The average Bonchev–Trinajstić information content (AvgIpc) is 2.67. The summed E-state index contributed by atoms with van der Waals surface area (Å²) in [4.78, 5) is 27.5. The molecule has 162 valence electrons. The maximum atomic E-state index is 13.0. The highest BCUT2D eigenvalue weighted by Gasteiger charge is 2.28. The molecule has 0 bridgehead atoms. The van der Waals surface area contributed by atoms with Crippen molar-refractivity contribution < 1.29 is 37.0 Å². The lowest BCUT2D eigenvalue weighted by atomic mass is 10.0. The van der Waals surface area contributed by atoms with Gasteiger partial charge in [-0.05, 0) is 36.8 Å². The van der Waals surface area contributed by atoms with Gasteiger partial charge in [0.15, 0.2) is 6.61 Å². The Morgan fingerprint density at radius 3 is 2.33 bits per heavy atom. The van der Waals surface area contributed by atoms with Crippen LogP contribution in [0.3, 0.4) is 0 Å². The predicted molar refractivity (Wildman–Crippen MR) is 97.4 cm³/mol. The van der Waals surface area contributed by atoms with Gasteiger partial charge in [0, 0.05) is 6.42 Å². The molecule has 0 aliphatic heterocycles. The largest absolute Gasteiger partial charge is 0.483 e. The van der Waals surface area contributed by atoms with Crippen molar-refractivity contribution >= 4 is 12.0 Å². The van der Waals surface area contributed by atoms with Crippen LogP contribution in [-0.4, -0.2) is 40.9 Å². The molecule has 0 unspecified atom stereocenters. The summed E-state index contributed by atoms with van der Waals surface area (Å²) in [6.07, 6.45) is -4.80. The van der Waals surface area contributed by atoms with E-state index < -0.39 is 42.7 Å². The second-order valence-electron chi connectivity index (χ2n) is 6.39. The number of pyridine rings is 1. The molecule has 0 fully saturated rings. The average molecular weight is 429 g/mol. The molecular weight excluding hydrogens is 410 g/mol. The van der Waals surface area contributed by atoms with Crippen molar-refractivity contribution in [3.63, 3.8) is 0 Å². The molecule has 3 N–H and O–H groups in total. The second kappa shape index (κ2) is 9.90. The molecule has 1 heterocycles. The SMILES string of the molecule is C[C@@H](NC(=O)[C@H](Cc1ccc(F)cc1)NC(=O)O)c1ccc(OCC(F)(F)F)cn1. The van der Waals surface area contributed by atoms with E-state index in [0.717, 1.165) is 6.20 Å². The van der Waals surface area contributed by atoms with Crippen molar-refractivity contribution in [2.75, 3.05) is 6.61 Å². The molecule has 1 aromatic carbocycles. The Hall–Kier alpha value is -3.37. The van der Waals surface area contributed by atoms with Gasteiger partial charge < -0.3 is 20.5 Å². The number of alkyl halides is 3. The van der Waals surface area contributed by atoms with Gasteiger partial charge in [-0.25, -0.2) is 9.18 Å². The molecule has 0 saturated carbocycles. The van der Waals surface area contributed by atoms with Gasteiger partial charge in [0.05, 0.1) is 17.9 Å². The summed E-state index contributed by atoms with van der Waals surface area (Å²) in [7, 11) is 0. The van der Waals surface area contributed by atoms with Crippen molar-refractivity contribution in [2.45, 2.75) is 31.6 Å². The minimum atomic E-state index is -4.48. The normalized spacial score (nSPS) is 13.2. The van der Waals surface area contributed by atoms with Crippen molar-refractivity contribution in [3.05, 3.63) is 59.7 Å². The number of nitrogens with zero attached hydrogens (tertiary/aromatic N) is 1. The fourth-order valence-corrected chi connectivity index (χ4v) is 2.50. The summed E-state index contributed by atoms with van der Waals surface area (Å²) in [6, 6.07) is 6.11. The number of ether oxygens (including phenoxy) is 1. The summed E-state index contributed by atoms with van der Waals surface area (Å²) in [5.74, 6) is -1.20. The number of hydrogen-bond acceptors (Lipinski definition) is 4. The first-order valence-corrected chi connectivity index (χ1v) is 8.73. The van der Waals surface area contributed by atoms with Crippen molar-refractivity contribution in [1.29, 1.82) is 0 Å². The fraction of sp³-hybridized carbons (Fsp3) is 0.316. The van der Waals surface area contributed by atoms with Crippen LogP contribution in [0.2, 0.25) is 0 Å². The summed E-state index contributed by atoms with van der Waals surface area (Å²) < 4.78 is 54.1. The predicted octanol–water partition coefficient (Wildman–Crippen LogP) is 3.22. The lowest BCUT2D eigenvalue weighted by molar-refractivity contribution is -0.153. The highest BCUT2D eigenvalue weighted by Crippen LogP contribution is 2.19. The third kappa shape index (κ3) is 7.57. The number of nitrogens with one attached hydrogen (secondary N) is 2. The van der Waals surface area contributed by atoms with Crippen LogP contribution in [-0.2, 0) is 11.2 Å². The first kappa shape index (κ1) is 22.9. The Morgan fingerprint density at radius 1 is 1.13 bits per heavy atom. The quantitative estimate of drug-likeness (QED) is 0.560. The summed E-state index contributed by atoms with van der Waals surface area (Å²) >= 11 is 0. The molecule has 0 aliphatic carbocycles. The van der Waals surface area contributed by atoms with Gasteiger partial charge in [0.25, 0.3) is 0 Å². The van der Waals surface area contributed by atoms with Gasteiger partial charge >= 0.3 is 12.3 Å². The maximum absolute atomic E-state index is 13.0. The Bertz CT molecular complexity index is 858. The Kier molecular flexibility index (Phi) is 7.56. The van der Waals surface area contributed by atoms with E-state index in [-0.39, 0.29) is 12.2 Å². The fourth-order valence-electron chi connectivity index (χ4n) is 2.50. The number of amides is 2. The van der Waals surface area contributed by atoms with Crippen LogP contribution in [0, 0.1) is 5.82 Å². The number of rotatable bonds is 8. The molecule has 2 amide bonds. The molecular formula is C19H19F4N3O4. The Labute approximate surface area is 169 Å². The molecule has 2 atom stereocenters. The summed E-state index contributed by atoms with van der Waals surface area (Å²) in [5.41, 5.74) is 0.876. The van der Waals surface area contributed by atoms with E-state index in [1.165, 1.54) is 36.4 Å². The van der Waals surface area contributed by atoms with E-state index in [2.05, 4.69) is 20.4 Å². The number of carbonyl (C=O) groups is 2. The zero-order valence-electron chi connectivity index (χ0n) is 15.7. The lowest BCUT2D eigenvalue weighted by Gasteiger charge is -2.20. The van der Waals surface area contributed by atoms with Gasteiger partial charge in [-0.1, -0.05) is 12.1 Å². The third-order valence-electron chi connectivity index (χ3n) is 3.93. The summed E-state index contributed by atoms with van der Waals surface area (Å²) in [6.45, 7) is 0.123. The minimum absolute atomic E-state index is 0.0111. The number of carboxylic acid groups (broad SMARTS) is 1. The lowest BCUT2D eigenvalue weighted by Crippen LogP contribution is -2.48. The zero-order valence-corrected chi connectivity index (χ0v) is 15.7. The first-order chi connectivity index (χ1) is 14.0. The van der Waals surface area contributed by atoms with E-state index in [1.807, 2.05) is 0 Å². The van der Waals surface area contributed by atoms with Gasteiger partial charge in [-0.3, -0.25) is 9.78 Å². The van der Waals surface area contributed by atoms with Gasteiger partial charge in [-0.2, -0.15) is 13.2 Å². The number of aromatic nitrogens is 1. The molecule has 2 aromatic rings. The molecule has 11 heteroatoms. The Balaban J connectivity index is 2.01. The van der Waals surface area contributed by atoms with Crippen LogP contribution in [0.1, 0.15) is 24.2 Å². The molecule has 0 radical (unpaired) electrons. The third-order valence-corrected chi connectivity index (χ3v) is 3.93. The zero-order chi connectivity index (χ0) is 22.3. The standard InChI is InChI=1S/C19H19F4N3O4/c1-11(15-7-6-14(9-24-15)30-10-19(21,22)23)25-17(27)16(26-18(28)29)8-12-2-4-13(20)5-3-12/h2-7,9,11,16,26H,8,10H2,1H3,(H,25,27)(H,28,29)/t11-,16+/m1/s1. The topological polar surface area (TPSA) is 101 Å². The van der Waals surface area contributed by atoms with E-state index >= 15 is 0 Å². The van der Waals surface area contributed by atoms with Crippen molar-refractivity contribution in [1.82, 2.24) is 15.6 Å². The van der Waals surface area contributed by atoms with Crippen molar-refractivity contribution in [2.24, 2.45) is 0 Å². The molecule has 0 saturated heterocycles. The van der Waals surface area contributed by atoms with Gasteiger partial charge in [0.1, 0.15) is 17.6 Å². The van der Waals surface area contributed by atoms with E-state index in [1.54, 1.807) is 6.92 Å². The maximum Gasteiger partial charge on any atom is 0.422 e. The van der Waals surface area contributed by atoms with Crippen LogP contribution < -0.4 is 15.4 Å². The number of halogens is 4. The smallest absolute Gasteiger partial charge is 0.422 e. The van der Waals surface area contributed by atoms with E-state index in [4.69, 9.17) is 5.11 Å². The highest BCUT2D eigenvalue weighted by molar-refractivity contribution is 5.85. The number of benzene rings is 1. The van der Waals surface area contributed by atoms with Crippen LogP contribution in [0.4, 0.5) is 22.4 Å². The second-order valence-corrected chi connectivity index (χ2v) is 6.39. The number of carbonyl (C=O) groups excluding carboxylic acids is 1. The molecule has 0 aliphatic rings. The van der Waals surface area contributed by atoms with Crippen LogP contribution in [0.15, 0.2) is 42.6 Å². The molecule has 0 spiro atoms. The Morgan fingerprint density at radius 2 is 1.80 bits per heavy atom. The van der Waals surface area contributed by atoms with Gasteiger partial charge in [0.2, 0.25) is 5.91 Å². The first-order valence-electron chi connectivity index (χ1n) is 8.73. The molecule has 7 nitrogen and oxygen atoms in total. The van der Waals surface area contributed by atoms with Crippen LogP contribution in [0.5, 0.6) is 5.75 Å². The monoisotopic (exact) mass is 429 g/mol. The van der Waals surface area contributed by atoms with E-state index in [0.29, 0.717) is 11.3 Å². The highest BCUT2D eigenvalue weighted by atomic mass is 19.4. The molecule has 2 rings (SSSR count). The minimum Gasteiger partial charge on any atom is -0.483 e.